The van der Waals surface area contributed by atoms with Gasteiger partial charge in [-0.1, -0.05) is 169 Å². The Morgan fingerprint density at radius 3 is 0.958 bits per heavy atom. The van der Waals surface area contributed by atoms with Crippen LogP contribution in [0.2, 0.25) is 0 Å². The van der Waals surface area contributed by atoms with E-state index in [2.05, 4.69) is 207 Å². The number of nitrogens with zero attached hydrogens (tertiary/aromatic N) is 2. The lowest BCUT2D eigenvalue weighted by Gasteiger charge is -2.33. The lowest BCUT2D eigenvalue weighted by Crippen LogP contribution is -2.14. The molecule has 0 heterocycles. The SMILES string of the molecule is Cc1ccc(N(c2ccc(C=C3CCCCC3)cc2)c2c3cccc4c5cccc6c(N(c7ccc(C=C8CCCCC8)cc7)c7ccc(C)cc7C)c7cccc8c9cccc2c9c(c34)c(c65)c78)c(C)c1. The Morgan fingerprint density at radius 2 is 0.639 bits per heavy atom. The molecule has 2 aliphatic rings. The van der Waals surface area contributed by atoms with Crippen LogP contribution < -0.4 is 9.80 Å². The van der Waals surface area contributed by atoms with Crippen LogP contribution in [0.15, 0.2) is 169 Å². The predicted molar refractivity (Wildman–Crippen MR) is 313 cm³/mol. The van der Waals surface area contributed by atoms with Crippen molar-refractivity contribution in [1.82, 2.24) is 0 Å². The maximum absolute atomic E-state index is 2.59. The van der Waals surface area contributed by atoms with Gasteiger partial charge in [0.2, 0.25) is 0 Å². The van der Waals surface area contributed by atoms with Crippen molar-refractivity contribution >= 4 is 122 Å². The third kappa shape index (κ3) is 6.75. The maximum atomic E-state index is 2.59. The number of rotatable bonds is 8. The Hall–Kier alpha value is -7.68. The van der Waals surface area contributed by atoms with Gasteiger partial charge in [0, 0.05) is 76.6 Å². The fourth-order valence-electron chi connectivity index (χ4n) is 13.6. The summed E-state index contributed by atoms with van der Waals surface area (Å²) in [6.07, 6.45) is 17.7. The zero-order valence-electron chi connectivity index (χ0n) is 42.1. The van der Waals surface area contributed by atoms with Crippen LogP contribution in [0.25, 0.3) is 87.6 Å². The molecule has 2 fully saturated rings. The van der Waals surface area contributed by atoms with E-state index in [1.165, 1.54) is 207 Å². The van der Waals surface area contributed by atoms with Crippen LogP contribution in [-0.2, 0) is 0 Å². The number of anilines is 6. The predicted octanol–water partition coefficient (Wildman–Crippen LogP) is 20.9. The molecular weight excluding hydrogens is 869 g/mol. The molecule has 2 nitrogen and oxygen atoms in total. The standard InChI is InChI=1S/C70H60N2/c1-43-27-37-61(45(3)39-43)71(51-33-29-49(30-34-51)41-47-15-7-5-8-16-47)69-57-23-11-19-53-55-21-13-25-59-65(55)68-66-56(54-20-12-24-58(69)64(54)67(68)63(53)57)22-14-26-60(66)70(59)72(62-38-28-44(2)40-46(62)4)52-35-31-50(32-36-52)42-48-17-9-6-10-18-48/h11-14,19-42H,5-10,15-18H2,1-4H3. The summed E-state index contributed by atoms with van der Waals surface area (Å²) in [5, 5.41) is 18.5. The minimum Gasteiger partial charge on any atom is -0.309 e. The van der Waals surface area contributed by atoms with Crippen LogP contribution in [0.3, 0.4) is 0 Å². The van der Waals surface area contributed by atoms with Crippen molar-refractivity contribution in [2.24, 2.45) is 0 Å². The van der Waals surface area contributed by atoms with E-state index in [4.69, 9.17) is 0 Å². The van der Waals surface area contributed by atoms with Gasteiger partial charge in [-0.15, -0.1) is 0 Å². The number of hydrogen-bond donors (Lipinski definition) is 0. The highest BCUT2D eigenvalue weighted by molar-refractivity contribution is 6.51. The summed E-state index contributed by atoms with van der Waals surface area (Å²) in [7, 11) is 0. The molecule has 350 valence electrons. The summed E-state index contributed by atoms with van der Waals surface area (Å²) in [4.78, 5) is 5.17. The van der Waals surface area contributed by atoms with Crippen molar-refractivity contribution in [1.29, 1.82) is 0 Å². The van der Waals surface area contributed by atoms with Crippen LogP contribution in [0.4, 0.5) is 34.1 Å². The fourth-order valence-corrected chi connectivity index (χ4v) is 13.6. The van der Waals surface area contributed by atoms with Crippen molar-refractivity contribution in [3.05, 3.63) is 202 Å². The summed E-state index contributed by atoms with van der Waals surface area (Å²) in [5.74, 6) is 0. The van der Waals surface area contributed by atoms with Crippen molar-refractivity contribution in [3.8, 4) is 0 Å². The van der Waals surface area contributed by atoms with Crippen LogP contribution >= 0.6 is 0 Å². The number of allylic oxidation sites excluding steroid dienone is 2. The average Bonchev–Trinajstić information content (AvgIpc) is 3.42. The highest BCUT2D eigenvalue weighted by atomic mass is 15.2. The molecule has 0 N–H and O–H groups in total. The lowest BCUT2D eigenvalue weighted by molar-refractivity contribution is 0.602. The molecule has 12 aromatic rings. The number of hydrogen-bond acceptors (Lipinski definition) is 2. The maximum Gasteiger partial charge on any atom is 0.0619 e. The van der Waals surface area contributed by atoms with Crippen LogP contribution in [0.1, 0.15) is 97.6 Å². The normalized spacial score (nSPS) is 14.6. The third-order valence-electron chi connectivity index (χ3n) is 16.8. The van der Waals surface area contributed by atoms with Crippen molar-refractivity contribution < 1.29 is 0 Å². The van der Waals surface area contributed by atoms with Crippen LogP contribution in [0.5, 0.6) is 0 Å². The average molecular weight is 929 g/mol. The van der Waals surface area contributed by atoms with E-state index < -0.39 is 0 Å². The molecule has 0 bridgehead atoms. The topological polar surface area (TPSA) is 6.48 Å². The van der Waals surface area contributed by atoms with Crippen molar-refractivity contribution in [2.75, 3.05) is 9.80 Å². The quantitative estimate of drug-likeness (QED) is 0.111. The van der Waals surface area contributed by atoms with Gasteiger partial charge in [0.05, 0.1) is 11.4 Å². The number of aryl methyl sites for hydroxylation is 4. The van der Waals surface area contributed by atoms with Gasteiger partial charge in [-0.3, -0.25) is 0 Å². The summed E-state index contributed by atoms with van der Waals surface area (Å²) >= 11 is 0. The van der Waals surface area contributed by atoms with E-state index in [1.807, 2.05) is 0 Å². The first-order chi connectivity index (χ1) is 35.4. The first kappa shape index (κ1) is 43.1. The Morgan fingerprint density at radius 1 is 0.319 bits per heavy atom. The summed E-state index contributed by atoms with van der Waals surface area (Å²) in [6, 6.07) is 61.3. The molecule has 2 saturated carbocycles. The molecule has 0 amide bonds. The van der Waals surface area contributed by atoms with Gasteiger partial charge in [-0.2, -0.15) is 0 Å². The second-order valence-corrected chi connectivity index (χ2v) is 21.5. The molecule has 72 heavy (non-hydrogen) atoms. The second-order valence-electron chi connectivity index (χ2n) is 21.5. The zero-order valence-corrected chi connectivity index (χ0v) is 42.1. The molecule has 2 aliphatic carbocycles. The Kier molecular flexibility index (Phi) is 10.2. The van der Waals surface area contributed by atoms with Crippen molar-refractivity contribution in [2.45, 2.75) is 91.9 Å². The molecule has 0 saturated heterocycles. The van der Waals surface area contributed by atoms with E-state index in [-0.39, 0.29) is 0 Å². The first-order valence-electron chi connectivity index (χ1n) is 26.8. The van der Waals surface area contributed by atoms with Gasteiger partial charge >= 0.3 is 0 Å². The molecule has 0 radical (unpaired) electrons. The van der Waals surface area contributed by atoms with Crippen molar-refractivity contribution in [3.63, 3.8) is 0 Å². The van der Waals surface area contributed by atoms with E-state index in [0.29, 0.717) is 0 Å². The third-order valence-corrected chi connectivity index (χ3v) is 16.8. The van der Waals surface area contributed by atoms with E-state index in [9.17, 15) is 0 Å². The highest BCUT2D eigenvalue weighted by Crippen LogP contribution is 2.58. The molecule has 0 aliphatic heterocycles. The molecule has 0 spiro atoms. The van der Waals surface area contributed by atoms with E-state index in [1.54, 1.807) is 11.1 Å². The van der Waals surface area contributed by atoms with E-state index in [0.717, 1.165) is 0 Å². The first-order valence-corrected chi connectivity index (χ1v) is 26.8. The Labute approximate surface area is 423 Å². The van der Waals surface area contributed by atoms with Gasteiger partial charge in [0.15, 0.2) is 0 Å². The monoisotopic (exact) mass is 928 g/mol. The van der Waals surface area contributed by atoms with E-state index >= 15 is 0 Å². The smallest absolute Gasteiger partial charge is 0.0619 e. The zero-order chi connectivity index (χ0) is 48.2. The molecule has 0 aromatic heterocycles. The van der Waals surface area contributed by atoms with Crippen LogP contribution in [0, 0.1) is 27.7 Å². The molecular formula is C70H60N2. The molecule has 14 rings (SSSR count). The molecule has 0 unspecified atom stereocenters. The van der Waals surface area contributed by atoms with Gasteiger partial charge in [0.1, 0.15) is 0 Å². The summed E-state index contributed by atoms with van der Waals surface area (Å²) in [6.45, 7) is 8.98. The Bertz CT molecular complexity index is 3710. The highest BCUT2D eigenvalue weighted by Gasteiger charge is 2.31. The number of fused-ring (bicyclic) bond motifs is 2. The van der Waals surface area contributed by atoms with Crippen LogP contribution in [-0.4, -0.2) is 0 Å². The Balaban J connectivity index is 1.07. The molecule has 12 aromatic carbocycles. The molecule has 0 atom stereocenters. The minimum atomic E-state index is 1.17. The minimum absolute atomic E-state index is 1.17. The second kappa shape index (κ2) is 17.0. The number of benzene rings is 12. The van der Waals surface area contributed by atoms with Gasteiger partial charge in [0.25, 0.3) is 0 Å². The van der Waals surface area contributed by atoms with Gasteiger partial charge in [-0.05, 0) is 159 Å². The summed E-state index contributed by atoms with van der Waals surface area (Å²) < 4.78 is 0. The lowest BCUT2D eigenvalue weighted by atomic mass is 9.79. The summed E-state index contributed by atoms with van der Waals surface area (Å²) in [5.41, 5.74) is 18.1. The molecule has 2 heteroatoms. The largest absolute Gasteiger partial charge is 0.309 e. The van der Waals surface area contributed by atoms with Gasteiger partial charge < -0.3 is 9.80 Å². The van der Waals surface area contributed by atoms with Gasteiger partial charge in [-0.25, -0.2) is 0 Å². The fraction of sp³-hybridized carbons (Fsp3) is 0.200.